The fourth-order valence-electron chi connectivity index (χ4n) is 2.80. The molecule has 1 aliphatic heterocycles. The van der Waals surface area contributed by atoms with E-state index in [9.17, 15) is 10.2 Å². The van der Waals surface area contributed by atoms with Gasteiger partial charge in [-0.2, -0.15) is 0 Å². The van der Waals surface area contributed by atoms with Crippen LogP contribution in [0.4, 0.5) is 5.69 Å². The molecule has 3 nitrogen and oxygen atoms in total. The van der Waals surface area contributed by atoms with E-state index in [2.05, 4.69) is 0 Å². The fourth-order valence-corrected chi connectivity index (χ4v) is 2.80. The number of anilines is 1. The van der Waals surface area contributed by atoms with Crippen LogP contribution in [-0.2, 0) is 0 Å². The minimum Gasteiger partial charge on any atom is -0.508 e. The van der Waals surface area contributed by atoms with E-state index in [0.29, 0.717) is 0 Å². The molecule has 94 valence electrons. The maximum atomic E-state index is 10.2. The third-order valence-corrected chi connectivity index (χ3v) is 3.64. The number of hydrogen-bond donors (Lipinski definition) is 2. The molecule has 18 heavy (non-hydrogen) atoms. The van der Waals surface area contributed by atoms with E-state index in [1.165, 1.54) is 6.08 Å². The molecule has 0 saturated carbocycles. The van der Waals surface area contributed by atoms with Gasteiger partial charge >= 0.3 is 0 Å². The highest BCUT2D eigenvalue weighted by atomic mass is 16.3. The molecule has 1 aromatic carbocycles. The van der Waals surface area contributed by atoms with Crippen molar-refractivity contribution in [2.75, 3.05) is 4.90 Å². The van der Waals surface area contributed by atoms with Crippen molar-refractivity contribution in [3.8, 4) is 0 Å². The van der Waals surface area contributed by atoms with Gasteiger partial charge in [-0.15, -0.1) is 0 Å². The van der Waals surface area contributed by atoms with Crippen molar-refractivity contribution in [1.29, 1.82) is 0 Å². The molecular weight excluding hydrogens is 226 g/mol. The van der Waals surface area contributed by atoms with Gasteiger partial charge in [0.15, 0.2) is 6.23 Å². The molecule has 1 atom stereocenters. The monoisotopic (exact) mass is 243 g/mol. The quantitative estimate of drug-likeness (QED) is 0.796. The first-order valence-electron chi connectivity index (χ1n) is 6.43. The molecule has 1 unspecified atom stereocenters. The van der Waals surface area contributed by atoms with E-state index in [1.807, 2.05) is 35.2 Å². The van der Waals surface area contributed by atoms with Gasteiger partial charge in [0.05, 0.1) is 0 Å². The van der Waals surface area contributed by atoms with Gasteiger partial charge in [0.1, 0.15) is 5.76 Å². The lowest BCUT2D eigenvalue weighted by Crippen LogP contribution is -2.38. The van der Waals surface area contributed by atoms with Gasteiger partial charge in [-0.25, -0.2) is 0 Å². The molecule has 0 spiro atoms. The summed E-state index contributed by atoms with van der Waals surface area (Å²) in [7, 11) is 0. The Balaban J connectivity index is 2.06. The number of aliphatic hydroxyl groups is 2. The number of hydrogen-bond acceptors (Lipinski definition) is 3. The lowest BCUT2D eigenvalue weighted by atomic mass is 9.91. The molecule has 1 heterocycles. The zero-order chi connectivity index (χ0) is 12.5. The Morgan fingerprint density at radius 3 is 2.56 bits per heavy atom. The third-order valence-electron chi connectivity index (χ3n) is 3.64. The Labute approximate surface area is 107 Å². The number of allylic oxidation sites excluding steroid dienone is 2. The lowest BCUT2D eigenvalue weighted by molar-refractivity contribution is 0.211. The molecule has 1 aromatic rings. The van der Waals surface area contributed by atoms with Crippen molar-refractivity contribution in [3.05, 3.63) is 53.4 Å². The Morgan fingerprint density at radius 2 is 1.78 bits per heavy atom. The zero-order valence-electron chi connectivity index (χ0n) is 10.2. The Hall–Kier alpha value is -1.74. The predicted octanol–water partition coefficient (Wildman–Crippen LogP) is 3.10. The van der Waals surface area contributed by atoms with Crippen LogP contribution >= 0.6 is 0 Å². The van der Waals surface area contributed by atoms with Crippen LogP contribution in [-0.4, -0.2) is 16.4 Å². The minimum absolute atomic E-state index is 0.254. The maximum Gasteiger partial charge on any atom is 0.154 e. The van der Waals surface area contributed by atoms with E-state index < -0.39 is 6.23 Å². The van der Waals surface area contributed by atoms with Crippen LogP contribution in [0.5, 0.6) is 0 Å². The van der Waals surface area contributed by atoms with Gasteiger partial charge < -0.3 is 15.1 Å². The van der Waals surface area contributed by atoms with Gasteiger partial charge in [-0.1, -0.05) is 18.2 Å². The summed E-state index contributed by atoms with van der Waals surface area (Å²) < 4.78 is 0. The molecule has 0 bridgehead atoms. The standard InChI is InChI=1S/C15H17NO2/c17-14-10-15(18)16(11-6-2-1-3-7-11)13-9-5-4-8-12(13)14/h1-3,6-7,10,15,17-18H,4-5,8-9H2. The summed E-state index contributed by atoms with van der Waals surface area (Å²) >= 11 is 0. The summed E-state index contributed by atoms with van der Waals surface area (Å²) in [5.74, 6) is 0.254. The molecule has 2 aliphatic rings. The molecule has 1 aliphatic carbocycles. The van der Waals surface area contributed by atoms with Crippen molar-refractivity contribution in [3.63, 3.8) is 0 Å². The molecule has 3 rings (SSSR count). The number of para-hydroxylation sites is 1. The number of benzene rings is 1. The Kier molecular flexibility index (Phi) is 2.84. The van der Waals surface area contributed by atoms with E-state index in [0.717, 1.165) is 42.6 Å². The second-order valence-corrected chi connectivity index (χ2v) is 4.80. The van der Waals surface area contributed by atoms with Crippen LogP contribution in [0.2, 0.25) is 0 Å². The van der Waals surface area contributed by atoms with E-state index in [1.54, 1.807) is 0 Å². The molecule has 2 N–H and O–H groups in total. The Bertz CT molecular complexity index is 504. The number of rotatable bonds is 1. The van der Waals surface area contributed by atoms with Crippen LogP contribution in [0, 0.1) is 0 Å². The largest absolute Gasteiger partial charge is 0.508 e. The molecular formula is C15H17NO2. The van der Waals surface area contributed by atoms with Crippen LogP contribution in [0.25, 0.3) is 0 Å². The van der Waals surface area contributed by atoms with E-state index in [4.69, 9.17) is 0 Å². The highest BCUT2D eigenvalue weighted by Gasteiger charge is 2.29. The average Bonchev–Trinajstić information content (AvgIpc) is 2.40. The first kappa shape index (κ1) is 11.4. The summed E-state index contributed by atoms with van der Waals surface area (Å²) in [5.41, 5.74) is 3.04. The van der Waals surface area contributed by atoms with Gasteiger partial charge in [0, 0.05) is 23.0 Å². The predicted molar refractivity (Wildman–Crippen MR) is 71.1 cm³/mol. The molecule has 0 saturated heterocycles. The highest BCUT2D eigenvalue weighted by Crippen LogP contribution is 2.38. The van der Waals surface area contributed by atoms with Crippen molar-refractivity contribution in [2.24, 2.45) is 0 Å². The first-order valence-corrected chi connectivity index (χ1v) is 6.43. The lowest BCUT2D eigenvalue weighted by Gasteiger charge is -2.37. The summed E-state index contributed by atoms with van der Waals surface area (Å²) in [5, 5.41) is 20.1. The van der Waals surface area contributed by atoms with Gasteiger partial charge in [0.25, 0.3) is 0 Å². The highest BCUT2D eigenvalue weighted by molar-refractivity contribution is 5.58. The number of nitrogens with zero attached hydrogens (tertiary/aromatic N) is 1. The molecule has 0 amide bonds. The normalized spacial score (nSPS) is 23.7. The minimum atomic E-state index is -0.774. The summed E-state index contributed by atoms with van der Waals surface area (Å²) in [6.07, 6.45) is 4.78. The third kappa shape index (κ3) is 1.81. The second kappa shape index (κ2) is 4.50. The van der Waals surface area contributed by atoms with Crippen molar-refractivity contribution < 1.29 is 10.2 Å². The van der Waals surface area contributed by atoms with Crippen LogP contribution < -0.4 is 4.90 Å². The van der Waals surface area contributed by atoms with E-state index in [-0.39, 0.29) is 5.76 Å². The zero-order valence-corrected chi connectivity index (χ0v) is 10.2. The van der Waals surface area contributed by atoms with Crippen molar-refractivity contribution >= 4 is 5.69 Å². The van der Waals surface area contributed by atoms with Gasteiger partial charge in [0.2, 0.25) is 0 Å². The van der Waals surface area contributed by atoms with Gasteiger partial charge in [-0.3, -0.25) is 0 Å². The van der Waals surface area contributed by atoms with Crippen LogP contribution in [0.15, 0.2) is 53.4 Å². The number of aliphatic hydroxyl groups excluding tert-OH is 2. The summed E-state index contributed by atoms with van der Waals surface area (Å²) in [6.45, 7) is 0. The van der Waals surface area contributed by atoms with Crippen molar-refractivity contribution in [2.45, 2.75) is 31.9 Å². The second-order valence-electron chi connectivity index (χ2n) is 4.80. The average molecular weight is 243 g/mol. The van der Waals surface area contributed by atoms with Crippen LogP contribution in [0.1, 0.15) is 25.7 Å². The molecule has 0 radical (unpaired) electrons. The first-order chi connectivity index (χ1) is 8.77. The van der Waals surface area contributed by atoms with Crippen molar-refractivity contribution in [1.82, 2.24) is 0 Å². The Morgan fingerprint density at radius 1 is 1.06 bits per heavy atom. The molecule has 0 aromatic heterocycles. The van der Waals surface area contributed by atoms with Crippen LogP contribution in [0.3, 0.4) is 0 Å². The molecule has 0 fully saturated rings. The summed E-state index contributed by atoms with van der Waals surface area (Å²) in [4.78, 5) is 1.92. The SMILES string of the molecule is OC1=CC(O)N(c2ccccc2)C2=C1CCCC2. The topological polar surface area (TPSA) is 43.7 Å². The summed E-state index contributed by atoms with van der Waals surface area (Å²) in [6, 6.07) is 9.85. The maximum absolute atomic E-state index is 10.2. The van der Waals surface area contributed by atoms with E-state index >= 15 is 0 Å². The smallest absolute Gasteiger partial charge is 0.154 e. The fraction of sp³-hybridized carbons (Fsp3) is 0.333. The van der Waals surface area contributed by atoms with Gasteiger partial charge in [-0.05, 0) is 37.8 Å². The molecule has 3 heteroatoms.